The summed E-state index contributed by atoms with van der Waals surface area (Å²) in [5.74, 6) is -0.511. The van der Waals surface area contributed by atoms with Crippen molar-refractivity contribution in [2.45, 2.75) is 0 Å². The number of nitrogens with one attached hydrogen (secondary N) is 1. The summed E-state index contributed by atoms with van der Waals surface area (Å²) in [7, 11) is -2.01. The molecule has 10 heteroatoms. The Bertz CT molecular complexity index is 1180. The van der Waals surface area contributed by atoms with Crippen LogP contribution in [0.5, 0.6) is 0 Å². The molecule has 0 fully saturated rings. The summed E-state index contributed by atoms with van der Waals surface area (Å²) < 4.78 is 27.5. The van der Waals surface area contributed by atoms with Gasteiger partial charge in [0.1, 0.15) is 6.54 Å². The maximum atomic E-state index is 12.4. The average molecular weight is 426 g/mol. The monoisotopic (exact) mass is 425 g/mol. The van der Waals surface area contributed by atoms with E-state index in [1.807, 2.05) is 0 Å². The molecule has 0 spiro atoms. The molecule has 27 heavy (non-hydrogen) atoms. The summed E-state index contributed by atoms with van der Waals surface area (Å²) in [6.07, 6.45) is 1.02. The number of halogens is 1. The van der Waals surface area contributed by atoms with Crippen molar-refractivity contribution < 1.29 is 13.2 Å². The zero-order chi connectivity index (χ0) is 19.8. The number of sulfonamides is 1. The highest BCUT2D eigenvalue weighted by Crippen LogP contribution is 2.23. The Labute approximate surface area is 164 Å². The van der Waals surface area contributed by atoms with E-state index in [9.17, 15) is 18.0 Å². The number of thiazole rings is 1. The number of carbonyl (C=O) groups is 1. The van der Waals surface area contributed by atoms with E-state index in [4.69, 9.17) is 11.6 Å². The second kappa shape index (κ2) is 7.34. The summed E-state index contributed by atoms with van der Waals surface area (Å²) in [6, 6.07) is 11.3. The van der Waals surface area contributed by atoms with Crippen molar-refractivity contribution in [2.24, 2.45) is 7.05 Å². The van der Waals surface area contributed by atoms with Crippen molar-refractivity contribution in [1.82, 2.24) is 4.57 Å². The lowest BCUT2D eigenvalue weighted by Gasteiger charge is -2.22. The van der Waals surface area contributed by atoms with Crippen LogP contribution in [0.3, 0.4) is 0 Å². The van der Waals surface area contributed by atoms with Gasteiger partial charge in [-0.15, -0.1) is 0 Å². The van der Waals surface area contributed by atoms with Gasteiger partial charge in [-0.1, -0.05) is 29.0 Å². The van der Waals surface area contributed by atoms with E-state index in [0.717, 1.165) is 32.1 Å². The van der Waals surface area contributed by atoms with Gasteiger partial charge in [-0.25, -0.2) is 8.42 Å². The van der Waals surface area contributed by atoms with Crippen molar-refractivity contribution in [2.75, 3.05) is 22.4 Å². The minimum absolute atomic E-state index is 0.0994. The fraction of sp³-hybridized carbons (Fsp3) is 0.176. The minimum Gasteiger partial charge on any atom is -0.324 e. The number of nitrogens with zero attached hydrogens (tertiary/aromatic N) is 2. The molecule has 0 saturated heterocycles. The van der Waals surface area contributed by atoms with Crippen molar-refractivity contribution in [3.63, 3.8) is 0 Å². The summed E-state index contributed by atoms with van der Waals surface area (Å²) in [5, 5.41) is 3.03. The third kappa shape index (κ3) is 4.32. The summed E-state index contributed by atoms with van der Waals surface area (Å²) in [5.41, 5.74) is 1.55. The van der Waals surface area contributed by atoms with E-state index in [1.54, 1.807) is 43.4 Å². The van der Waals surface area contributed by atoms with Gasteiger partial charge in [-0.2, -0.15) is 0 Å². The zero-order valence-corrected chi connectivity index (χ0v) is 16.9. The number of aryl methyl sites for hydroxylation is 1. The number of hydrogen-bond acceptors (Lipinski definition) is 5. The molecular weight excluding hydrogens is 410 g/mol. The number of hydrogen-bond donors (Lipinski definition) is 1. The molecule has 0 saturated carbocycles. The van der Waals surface area contributed by atoms with Gasteiger partial charge in [-0.3, -0.25) is 13.9 Å². The smallest absolute Gasteiger partial charge is 0.307 e. The van der Waals surface area contributed by atoms with E-state index in [1.165, 1.54) is 10.6 Å². The van der Waals surface area contributed by atoms with Crippen LogP contribution in [0.15, 0.2) is 47.3 Å². The number of benzene rings is 2. The van der Waals surface area contributed by atoms with Crippen molar-refractivity contribution >= 4 is 60.5 Å². The molecule has 1 heterocycles. The van der Waals surface area contributed by atoms with E-state index in [2.05, 4.69) is 5.32 Å². The third-order valence-corrected chi connectivity index (χ3v) is 6.23. The quantitative estimate of drug-likeness (QED) is 0.680. The lowest BCUT2D eigenvalue weighted by Crippen LogP contribution is -2.37. The fourth-order valence-corrected chi connectivity index (χ4v) is 4.53. The van der Waals surface area contributed by atoms with Gasteiger partial charge < -0.3 is 9.88 Å². The minimum atomic E-state index is -3.69. The topological polar surface area (TPSA) is 88.5 Å². The Hall–Kier alpha value is -2.36. The second-order valence-electron chi connectivity index (χ2n) is 5.91. The van der Waals surface area contributed by atoms with Crippen molar-refractivity contribution in [3.8, 4) is 0 Å². The molecule has 3 rings (SSSR count). The van der Waals surface area contributed by atoms with Crippen LogP contribution in [-0.2, 0) is 21.9 Å². The zero-order valence-electron chi connectivity index (χ0n) is 14.5. The number of rotatable bonds is 5. The first kappa shape index (κ1) is 19.4. The average Bonchev–Trinajstić information content (AvgIpc) is 2.85. The highest BCUT2D eigenvalue weighted by Gasteiger charge is 2.21. The van der Waals surface area contributed by atoms with Crippen molar-refractivity contribution in [3.05, 3.63) is 57.2 Å². The molecule has 0 aliphatic heterocycles. The third-order valence-electron chi connectivity index (χ3n) is 3.86. The van der Waals surface area contributed by atoms with E-state index in [-0.39, 0.29) is 4.87 Å². The van der Waals surface area contributed by atoms with Crippen LogP contribution in [0.25, 0.3) is 10.2 Å². The first-order valence-corrected chi connectivity index (χ1v) is 10.8. The predicted molar refractivity (Wildman–Crippen MR) is 109 cm³/mol. The Morgan fingerprint density at radius 3 is 2.67 bits per heavy atom. The Kier molecular flexibility index (Phi) is 5.27. The number of amides is 1. The van der Waals surface area contributed by atoms with Crippen LogP contribution in [0, 0.1) is 0 Å². The highest BCUT2D eigenvalue weighted by atomic mass is 35.5. The summed E-state index contributed by atoms with van der Waals surface area (Å²) >= 11 is 7.00. The molecule has 0 aliphatic carbocycles. The largest absolute Gasteiger partial charge is 0.324 e. The lowest BCUT2D eigenvalue weighted by molar-refractivity contribution is -0.114. The van der Waals surface area contributed by atoms with Gasteiger partial charge in [0.25, 0.3) is 0 Å². The van der Waals surface area contributed by atoms with Gasteiger partial charge in [0, 0.05) is 17.8 Å². The van der Waals surface area contributed by atoms with Gasteiger partial charge in [0.2, 0.25) is 15.9 Å². The molecule has 1 N–H and O–H groups in total. The van der Waals surface area contributed by atoms with E-state index < -0.39 is 22.5 Å². The van der Waals surface area contributed by atoms with Crippen LogP contribution >= 0.6 is 22.9 Å². The standard InChI is InChI=1S/C17H16ClN3O4S2/c1-20-14-7-6-12(9-15(14)26-17(20)23)19-16(22)10-21(27(2,24)25)13-5-3-4-11(18)8-13/h3-9H,10H2,1-2H3,(H,19,22). The predicted octanol–water partition coefficient (Wildman–Crippen LogP) is 2.66. The first-order valence-electron chi connectivity index (χ1n) is 7.78. The SMILES string of the molecule is Cn1c(=O)sc2cc(NC(=O)CN(c3cccc(Cl)c3)S(C)(=O)=O)ccc21. The Balaban J connectivity index is 1.83. The van der Waals surface area contributed by atoms with Gasteiger partial charge in [0.15, 0.2) is 0 Å². The maximum Gasteiger partial charge on any atom is 0.307 e. The van der Waals surface area contributed by atoms with Crippen molar-refractivity contribution in [1.29, 1.82) is 0 Å². The highest BCUT2D eigenvalue weighted by molar-refractivity contribution is 7.92. The van der Waals surface area contributed by atoms with Crippen LogP contribution in [-0.4, -0.2) is 31.7 Å². The molecule has 3 aromatic rings. The Morgan fingerprint density at radius 1 is 1.26 bits per heavy atom. The number of aromatic nitrogens is 1. The molecule has 1 aromatic heterocycles. The molecular formula is C17H16ClN3O4S2. The van der Waals surface area contributed by atoms with Gasteiger partial charge in [-0.05, 0) is 36.4 Å². The van der Waals surface area contributed by atoms with Crippen LogP contribution in [0.4, 0.5) is 11.4 Å². The molecule has 0 radical (unpaired) electrons. The lowest BCUT2D eigenvalue weighted by atomic mass is 10.3. The van der Waals surface area contributed by atoms with Crippen LogP contribution in [0.1, 0.15) is 0 Å². The molecule has 2 aromatic carbocycles. The molecule has 142 valence electrons. The number of fused-ring (bicyclic) bond motifs is 1. The normalized spacial score (nSPS) is 11.5. The first-order chi connectivity index (χ1) is 12.6. The van der Waals surface area contributed by atoms with Gasteiger partial charge in [0.05, 0.1) is 22.2 Å². The molecule has 0 unspecified atom stereocenters. The molecule has 1 amide bonds. The molecule has 7 nitrogen and oxygen atoms in total. The number of carbonyl (C=O) groups excluding carboxylic acids is 1. The van der Waals surface area contributed by atoms with Crippen LogP contribution < -0.4 is 14.5 Å². The number of anilines is 2. The Morgan fingerprint density at radius 2 is 2.00 bits per heavy atom. The molecule has 0 atom stereocenters. The van der Waals surface area contributed by atoms with E-state index >= 15 is 0 Å². The summed E-state index contributed by atoms with van der Waals surface area (Å²) in [4.78, 5) is 24.0. The fourth-order valence-electron chi connectivity index (χ4n) is 2.57. The maximum absolute atomic E-state index is 12.4. The molecule has 0 aliphatic rings. The summed E-state index contributed by atoms with van der Waals surface area (Å²) in [6.45, 7) is -0.401. The molecule has 0 bridgehead atoms. The second-order valence-corrected chi connectivity index (χ2v) is 9.24. The van der Waals surface area contributed by atoms with Crippen LogP contribution in [0.2, 0.25) is 5.02 Å². The van der Waals surface area contributed by atoms with E-state index in [0.29, 0.717) is 16.4 Å². The van der Waals surface area contributed by atoms with Gasteiger partial charge >= 0.3 is 4.87 Å².